The molecule has 44 heavy (non-hydrogen) atoms. The van der Waals surface area contributed by atoms with Gasteiger partial charge in [0.25, 0.3) is 11.8 Å². The molecule has 0 saturated heterocycles. The van der Waals surface area contributed by atoms with Crippen molar-refractivity contribution in [2.24, 2.45) is 0 Å². The summed E-state index contributed by atoms with van der Waals surface area (Å²) in [6, 6.07) is 9.33. The van der Waals surface area contributed by atoms with Crippen molar-refractivity contribution in [3.05, 3.63) is 98.2 Å². The molecule has 5 aromatic rings. The Kier molecular flexibility index (Phi) is 7.02. The number of aromatic nitrogens is 4. The molecule has 0 aliphatic heterocycles. The second-order valence-electron chi connectivity index (χ2n) is 11.7. The number of nitrogens with zero attached hydrogens (tertiary/aromatic N) is 3. The van der Waals surface area contributed by atoms with Gasteiger partial charge in [-0.05, 0) is 81.0 Å². The van der Waals surface area contributed by atoms with Crippen molar-refractivity contribution in [2.45, 2.75) is 58.7 Å². The van der Waals surface area contributed by atoms with Crippen molar-refractivity contribution in [1.82, 2.24) is 30.2 Å². The van der Waals surface area contributed by atoms with Gasteiger partial charge < -0.3 is 19.8 Å². The van der Waals surface area contributed by atoms with Crippen LogP contribution < -0.4 is 16.4 Å². The number of esters is 1. The van der Waals surface area contributed by atoms with Crippen LogP contribution in [0.15, 0.2) is 51.8 Å². The van der Waals surface area contributed by atoms with E-state index in [-0.39, 0.29) is 29.6 Å². The van der Waals surface area contributed by atoms with E-state index in [9.17, 15) is 23.6 Å². The van der Waals surface area contributed by atoms with Crippen molar-refractivity contribution in [2.75, 3.05) is 0 Å². The maximum Gasteiger partial charge on any atom is 0.417 e. The van der Waals surface area contributed by atoms with Crippen LogP contribution >= 0.6 is 0 Å². The third-order valence-corrected chi connectivity index (χ3v) is 7.45. The fraction of sp³-hybridized carbons (Fsp3) is 0.290. The predicted molar refractivity (Wildman–Crippen MR) is 156 cm³/mol. The fourth-order valence-electron chi connectivity index (χ4n) is 5.41. The Morgan fingerprint density at radius 3 is 2.73 bits per heavy atom. The Morgan fingerprint density at radius 2 is 1.95 bits per heavy atom. The first-order valence-corrected chi connectivity index (χ1v) is 14.0. The summed E-state index contributed by atoms with van der Waals surface area (Å²) in [5.41, 5.74) is 3.48. The standard InChI is InChI=1S/C31H29FN6O6/c1-15-17-8-9-21(19(17)7-6-18(15)29(41)44-31(2,3)4)36-28(40)24-12-23(35-26-20(32)14-34-38(24)26)27(39)33-13-16-5-10-25-22(11-16)37-30(42)43-25/h5-7,10-12,14,21H,8-9,13H2,1-4H3,(H,33,39)(H,36,40)(H,37,42)/t21-/m0/s1. The van der Waals surface area contributed by atoms with E-state index in [1.54, 1.807) is 24.3 Å². The Morgan fingerprint density at radius 1 is 1.16 bits per heavy atom. The summed E-state index contributed by atoms with van der Waals surface area (Å²) in [4.78, 5) is 57.5. The van der Waals surface area contributed by atoms with Crippen molar-refractivity contribution < 1.29 is 27.9 Å². The van der Waals surface area contributed by atoms with Crippen molar-refractivity contribution in [3.8, 4) is 0 Å². The Balaban J connectivity index is 1.23. The van der Waals surface area contributed by atoms with Gasteiger partial charge in [0.1, 0.15) is 17.0 Å². The van der Waals surface area contributed by atoms with Gasteiger partial charge in [0.15, 0.2) is 17.0 Å². The van der Waals surface area contributed by atoms with E-state index in [0.29, 0.717) is 35.1 Å². The first-order valence-electron chi connectivity index (χ1n) is 14.0. The number of H-pyrrole nitrogens is 1. The minimum Gasteiger partial charge on any atom is -0.456 e. The predicted octanol–water partition coefficient (Wildman–Crippen LogP) is 3.91. The van der Waals surface area contributed by atoms with Gasteiger partial charge in [-0.25, -0.2) is 23.5 Å². The van der Waals surface area contributed by atoms with E-state index >= 15 is 0 Å². The van der Waals surface area contributed by atoms with Crippen LogP contribution in [0.3, 0.4) is 0 Å². The molecule has 1 aliphatic carbocycles. The minimum absolute atomic E-state index is 0.0710. The molecule has 6 rings (SSSR count). The molecule has 3 aromatic heterocycles. The lowest BCUT2D eigenvalue weighted by Gasteiger charge is -2.21. The monoisotopic (exact) mass is 600 g/mol. The van der Waals surface area contributed by atoms with Crippen LogP contribution in [0.1, 0.15) is 86.8 Å². The Bertz CT molecular complexity index is 2040. The molecule has 1 atom stereocenters. The van der Waals surface area contributed by atoms with Gasteiger partial charge in [-0.15, -0.1) is 0 Å². The average Bonchev–Trinajstić information content (AvgIpc) is 3.66. The second-order valence-corrected chi connectivity index (χ2v) is 11.7. The summed E-state index contributed by atoms with van der Waals surface area (Å²) in [5.74, 6) is -3.00. The number of nitrogens with one attached hydrogen (secondary N) is 3. The molecule has 3 heterocycles. The highest BCUT2D eigenvalue weighted by molar-refractivity contribution is 5.98. The van der Waals surface area contributed by atoms with Gasteiger partial charge in [0, 0.05) is 12.6 Å². The van der Waals surface area contributed by atoms with E-state index in [1.165, 1.54) is 6.07 Å². The highest BCUT2D eigenvalue weighted by atomic mass is 19.1. The molecular formula is C31H29FN6O6. The first-order chi connectivity index (χ1) is 20.9. The average molecular weight is 601 g/mol. The zero-order valence-corrected chi connectivity index (χ0v) is 24.4. The zero-order chi connectivity index (χ0) is 31.3. The largest absolute Gasteiger partial charge is 0.456 e. The molecule has 13 heteroatoms. The third-order valence-electron chi connectivity index (χ3n) is 7.45. The summed E-state index contributed by atoms with van der Waals surface area (Å²) in [5, 5.41) is 9.63. The molecule has 0 spiro atoms. The van der Waals surface area contributed by atoms with E-state index < -0.39 is 35.0 Å². The van der Waals surface area contributed by atoms with Crippen LogP contribution in [0.2, 0.25) is 0 Å². The molecular weight excluding hydrogens is 571 g/mol. The highest BCUT2D eigenvalue weighted by Gasteiger charge is 2.30. The van der Waals surface area contributed by atoms with Gasteiger partial charge >= 0.3 is 11.7 Å². The van der Waals surface area contributed by atoms with E-state index in [0.717, 1.165) is 27.4 Å². The summed E-state index contributed by atoms with van der Waals surface area (Å²) in [6.07, 6.45) is 2.15. The molecule has 0 bridgehead atoms. The van der Waals surface area contributed by atoms with Crippen LogP contribution in [-0.4, -0.2) is 43.0 Å². The summed E-state index contributed by atoms with van der Waals surface area (Å²) < 4.78 is 26.2. The number of rotatable bonds is 6. The maximum atomic E-state index is 14.6. The highest BCUT2D eigenvalue weighted by Crippen LogP contribution is 2.35. The quantitative estimate of drug-likeness (QED) is 0.247. The van der Waals surface area contributed by atoms with E-state index in [1.807, 2.05) is 33.8 Å². The third kappa shape index (κ3) is 5.43. The van der Waals surface area contributed by atoms with Crippen molar-refractivity contribution in [3.63, 3.8) is 0 Å². The number of carbonyl (C=O) groups excluding carboxylic acids is 3. The Labute approximate surface area is 249 Å². The number of hydrogen-bond acceptors (Lipinski definition) is 8. The van der Waals surface area contributed by atoms with Gasteiger partial charge in [0.2, 0.25) is 0 Å². The van der Waals surface area contributed by atoms with E-state index in [4.69, 9.17) is 9.15 Å². The summed E-state index contributed by atoms with van der Waals surface area (Å²) in [7, 11) is 0. The number of oxazole rings is 1. The lowest BCUT2D eigenvalue weighted by Crippen LogP contribution is -2.31. The van der Waals surface area contributed by atoms with Crippen LogP contribution in [-0.2, 0) is 17.7 Å². The number of carbonyl (C=O) groups is 3. The number of benzene rings is 2. The molecule has 2 aromatic carbocycles. The molecule has 0 saturated carbocycles. The lowest BCUT2D eigenvalue weighted by atomic mass is 9.97. The number of fused-ring (bicyclic) bond motifs is 3. The normalized spacial score (nSPS) is 14.5. The molecule has 2 amide bonds. The smallest absolute Gasteiger partial charge is 0.417 e. The first kappa shape index (κ1) is 28.8. The Hall–Kier alpha value is -5.33. The number of ether oxygens (including phenoxy) is 1. The molecule has 12 nitrogen and oxygen atoms in total. The second kappa shape index (κ2) is 10.7. The number of hydrogen-bond donors (Lipinski definition) is 3. The topological polar surface area (TPSA) is 161 Å². The van der Waals surface area contributed by atoms with Crippen LogP contribution in [0.25, 0.3) is 16.7 Å². The van der Waals surface area contributed by atoms with Crippen molar-refractivity contribution in [1.29, 1.82) is 0 Å². The van der Waals surface area contributed by atoms with Crippen LogP contribution in [0.4, 0.5) is 4.39 Å². The summed E-state index contributed by atoms with van der Waals surface area (Å²) in [6.45, 7) is 7.35. The van der Waals surface area contributed by atoms with Gasteiger partial charge in [-0.2, -0.15) is 5.10 Å². The minimum atomic E-state index is -0.792. The van der Waals surface area contributed by atoms with Crippen LogP contribution in [0.5, 0.6) is 0 Å². The number of halogens is 1. The van der Waals surface area contributed by atoms with Crippen molar-refractivity contribution >= 4 is 34.5 Å². The zero-order valence-electron chi connectivity index (χ0n) is 24.4. The summed E-state index contributed by atoms with van der Waals surface area (Å²) >= 11 is 0. The molecule has 0 fully saturated rings. The van der Waals surface area contributed by atoms with Gasteiger partial charge in [0.05, 0.1) is 23.3 Å². The molecule has 0 unspecified atom stereocenters. The number of amides is 2. The van der Waals surface area contributed by atoms with Gasteiger partial charge in [-0.1, -0.05) is 12.1 Å². The lowest BCUT2D eigenvalue weighted by molar-refractivity contribution is 0.00683. The molecule has 226 valence electrons. The fourth-order valence-corrected chi connectivity index (χ4v) is 5.41. The maximum absolute atomic E-state index is 14.6. The van der Waals surface area contributed by atoms with Gasteiger partial charge in [-0.3, -0.25) is 14.6 Å². The van der Waals surface area contributed by atoms with Crippen LogP contribution in [0, 0.1) is 12.7 Å². The van der Waals surface area contributed by atoms with E-state index in [2.05, 4.69) is 25.7 Å². The molecule has 0 radical (unpaired) electrons. The SMILES string of the molecule is Cc1c(C(=O)OC(C)(C)C)ccc2c1CC[C@@H]2NC(=O)c1cc(C(=O)NCc2ccc3oc(=O)[nH]c3c2)nc2c(F)cnn12. The molecule has 3 N–H and O–H groups in total. The number of aromatic amines is 1. The molecule has 1 aliphatic rings.